The van der Waals surface area contributed by atoms with Gasteiger partial charge in [-0.25, -0.2) is 9.18 Å². The van der Waals surface area contributed by atoms with Crippen LogP contribution in [-0.4, -0.2) is 31.9 Å². The first-order valence-corrected chi connectivity index (χ1v) is 6.75. The van der Waals surface area contributed by atoms with E-state index in [4.69, 9.17) is 9.47 Å². The Bertz CT molecular complexity index is 468. The first-order valence-electron chi connectivity index (χ1n) is 6.75. The van der Waals surface area contributed by atoms with Crippen LogP contribution in [0.4, 0.5) is 9.18 Å². The summed E-state index contributed by atoms with van der Waals surface area (Å²) in [4.78, 5) is 10.9. The van der Waals surface area contributed by atoms with E-state index in [2.05, 4.69) is 17.6 Å². The highest BCUT2D eigenvalue weighted by molar-refractivity contribution is 5.69. The lowest BCUT2D eigenvalue weighted by Crippen LogP contribution is -2.22. The molecule has 1 unspecified atom stereocenters. The van der Waals surface area contributed by atoms with Gasteiger partial charge in [0.05, 0.1) is 6.54 Å². The number of hydrogen-bond acceptors (Lipinski definition) is 4. The second-order valence-corrected chi connectivity index (χ2v) is 4.69. The first kappa shape index (κ1) is 14.6. The van der Waals surface area contributed by atoms with Crippen molar-refractivity contribution in [1.82, 2.24) is 10.6 Å². The normalized spacial score (nSPS) is 17.7. The molecule has 20 heavy (non-hydrogen) atoms. The van der Waals surface area contributed by atoms with Gasteiger partial charge in [-0.15, -0.1) is 0 Å². The first-order chi connectivity index (χ1) is 9.67. The molecule has 2 rings (SSSR count). The Morgan fingerprint density at radius 1 is 1.50 bits per heavy atom. The molecule has 6 heteroatoms. The van der Waals surface area contributed by atoms with Crippen molar-refractivity contribution in [1.29, 1.82) is 0 Å². The summed E-state index contributed by atoms with van der Waals surface area (Å²) in [6.45, 7) is 4.19. The predicted octanol–water partition coefficient (Wildman–Crippen LogP) is 1.81. The summed E-state index contributed by atoms with van der Waals surface area (Å²) in [5.41, 5.74) is 0.829. The van der Waals surface area contributed by atoms with Crippen LogP contribution in [0.3, 0.4) is 0 Å². The van der Waals surface area contributed by atoms with Crippen molar-refractivity contribution < 1.29 is 18.7 Å². The number of halogens is 1. The summed E-state index contributed by atoms with van der Waals surface area (Å²) >= 11 is 0. The second-order valence-electron chi connectivity index (χ2n) is 4.69. The summed E-state index contributed by atoms with van der Waals surface area (Å²) in [6.07, 6.45) is 0.258. The maximum atomic E-state index is 13.5. The van der Waals surface area contributed by atoms with Crippen molar-refractivity contribution in [2.45, 2.75) is 26.0 Å². The number of benzene rings is 1. The lowest BCUT2D eigenvalue weighted by molar-refractivity contribution is 0.104. The molecule has 0 saturated carbocycles. The topological polar surface area (TPSA) is 59.6 Å². The van der Waals surface area contributed by atoms with Crippen LogP contribution in [0.25, 0.3) is 0 Å². The number of nitrogens with one attached hydrogen (secondary N) is 2. The van der Waals surface area contributed by atoms with E-state index in [1.165, 1.54) is 12.1 Å². The third kappa shape index (κ3) is 4.38. The molecule has 1 atom stereocenters. The molecule has 1 aliphatic rings. The van der Waals surface area contributed by atoms with E-state index in [0.717, 1.165) is 18.5 Å². The molecule has 0 aromatic heterocycles. The van der Waals surface area contributed by atoms with Crippen molar-refractivity contribution in [2.24, 2.45) is 0 Å². The number of cyclic esters (lactones) is 1. The number of carbonyl (C=O) groups is 1. The highest BCUT2D eigenvalue weighted by Gasteiger charge is 2.22. The molecule has 1 aromatic carbocycles. The van der Waals surface area contributed by atoms with Crippen LogP contribution < -0.4 is 15.4 Å². The van der Waals surface area contributed by atoms with Crippen LogP contribution in [0.1, 0.15) is 18.9 Å². The van der Waals surface area contributed by atoms with Gasteiger partial charge in [0.15, 0.2) is 6.10 Å². The third-order valence-corrected chi connectivity index (χ3v) is 2.87. The van der Waals surface area contributed by atoms with Crippen molar-refractivity contribution in [2.75, 3.05) is 19.7 Å². The highest BCUT2D eigenvalue weighted by atomic mass is 19.1. The quantitative estimate of drug-likeness (QED) is 0.749. The van der Waals surface area contributed by atoms with Crippen LogP contribution in [0, 0.1) is 5.82 Å². The number of carbonyl (C=O) groups excluding carboxylic acids is 1. The summed E-state index contributed by atoms with van der Waals surface area (Å²) in [7, 11) is 0. The van der Waals surface area contributed by atoms with Crippen LogP contribution in [0.2, 0.25) is 0 Å². The van der Waals surface area contributed by atoms with Gasteiger partial charge in [0.2, 0.25) is 0 Å². The molecule has 2 N–H and O–H groups in total. The zero-order chi connectivity index (χ0) is 14.4. The fraction of sp³-hybridized carbons (Fsp3) is 0.500. The van der Waals surface area contributed by atoms with Crippen LogP contribution in [0.15, 0.2) is 18.2 Å². The average Bonchev–Trinajstić information content (AvgIpc) is 2.82. The largest absolute Gasteiger partial charge is 0.490 e. The van der Waals surface area contributed by atoms with Gasteiger partial charge in [-0.05, 0) is 30.7 Å². The molecule has 1 amide bonds. The molecule has 5 nitrogen and oxygen atoms in total. The summed E-state index contributed by atoms with van der Waals surface area (Å²) in [5.74, 6) is 0.110. The molecule has 0 spiro atoms. The molecule has 1 fully saturated rings. The number of amides is 1. The minimum absolute atomic E-state index is 0.212. The fourth-order valence-electron chi connectivity index (χ4n) is 1.93. The Morgan fingerprint density at radius 2 is 2.35 bits per heavy atom. The van der Waals surface area contributed by atoms with Gasteiger partial charge in [-0.3, -0.25) is 0 Å². The standard InChI is InChI=1S/C14H19FN2O3/c1-2-3-16-7-10-4-11(15)6-12(5-10)19-9-13-8-17-14(18)20-13/h4-6,13,16H,2-3,7-9H2,1H3,(H,17,18). The van der Waals surface area contributed by atoms with Crippen molar-refractivity contribution >= 4 is 6.09 Å². The monoisotopic (exact) mass is 282 g/mol. The van der Waals surface area contributed by atoms with E-state index in [1.807, 2.05) is 0 Å². The second kappa shape index (κ2) is 7.09. The summed E-state index contributed by atoms with van der Waals surface area (Å²) < 4.78 is 23.9. The van der Waals surface area contributed by atoms with Crippen molar-refractivity contribution in [3.8, 4) is 5.75 Å². The fourth-order valence-corrected chi connectivity index (χ4v) is 1.93. The Hall–Kier alpha value is -1.82. The van der Waals surface area contributed by atoms with E-state index in [9.17, 15) is 9.18 Å². The number of alkyl carbamates (subject to hydrolysis) is 1. The lowest BCUT2D eigenvalue weighted by atomic mass is 10.2. The number of rotatable bonds is 7. The molecular formula is C14H19FN2O3. The maximum absolute atomic E-state index is 13.5. The average molecular weight is 282 g/mol. The summed E-state index contributed by atoms with van der Waals surface area (Å²) in [6, 6.07) is 4.59. The zero-order valence-corrected chi connectivity index (χ0v) is 11.4. The van der Waals surface area contributed by atoms with E-state index < -0.39 is 6.09 Å². The van der Waals surface area contributed by atoms with Gasteiger partial charge >= 0.3 is 6.09 Å². The van der Waals surface area contributed by atoms with Crippen molar-refractivity contribution in [3.05, 3.63) is 29.6 Å². The summed E-state index contributed by atoms with van der Waals surface area (Å²) in [5, 5.41) is 5.74. The van der Waals surface area contributed by atoms with Gasteiger partial charge < -0.3 is 20.1 Å². The van der Waals surface area contributed by atoms with Gasteiger partial charge in [0.1, 0.15) is 18.2 Å². The molecule has 0 aliphatic carbocycles. The van der Waals surface area contributed by atoms with Crippen LogP contribution in [0.5, 0.6) is 5.75 Å². The minimum atomic E-state index is -0.442. The predicted molar refractivity (Wildman–Crippen MR) is 72.2 cm³/mol. The highest BCUT2D eigenvalue weighted by Crippen LogP contribution is 2.17. The lowest BCUT2D eigenvalue weighted by Gasteiger charge is -2.12. The maximum Gasteiger partial charge on any atom is 0.407 e. The molecule has 1 aromatic rings. The molecular weight excluding hydrogens is 263 g/mol. The molecule has 0 radical (unpaired) electrons. The van der Waals surface area contributed by atoms with Crippen molar-refractivity contribution in [3.63, 3.8) is 0 Å². The Balaban J connectivity index is 1.88. The van der Waals surface area contributed by atoms with Gasteiger partial charge in [0, 0.05) is 12.6 Å². The van der Waals surface area contributed by atoms with E-state index in [0.29, 0.717) is 18.8 Å². The minimum Gasteiger partial charge on any atom is -0.490 e. The van der Waals surface area contributed by atoms with E-state index in [1.54, 1.807) is 6.07 Å². The zero-order valence-electron chi connectivity index (χ0n) is 11.4. The van der Waals surface area contributed by atoms with Gasteiger partial charge in [-0.1, -0.05) is 6.92 Å². The Morgan fingerprint density at radius 3 is 3.05 bits per heavy atom. The van der Waals surface area contributed by atoms with Gasteiger partial charge in [-0.2, -0.15) is 0 Å². The Labute approximate surface area is 117 Å². The SMILES string of the molecule is CCCNCc1cc(F)cc(OCC2CNC(=O)O2)c1. The number of ether oxygens (including phenoxy) is 2. The smallest absolute Gasteiger partial charge is 0.407 e. The molecule has 1 heterocycles. The molecule has 110 valence electrons. The van der Waals surface area contributed by atoms with E-state index in [-0.39, 0.29) is 18.5 Å². The van der Waals surface area contributed by atoms with Gasteiger partial charge in [0.25, 0.3) is 0 Å². The van der Waals surface area contributed by atoms with Crippen LogP contribution >= 0.6 is 0 Å². The third-order valence-electron chi connectivity index (χ3n) is 2.87. The Kier molecular flexibility index (Phi) is 5.17. The number of hydrogen-bond donors (Lipinski definition) is 2. The molecule has 1 saturated heterocycles. The molecule has 1 aliphatic heterocycles. The van der Waals surface area contributed by atoms with E-state index >= 15 is 0 Å². The van der Waals surface area contributed by atoms with Crippen LogP contribution in [-0.2, 0) is 11.3 Å². The molecule has 0 bridgehead atoms.